The molecule has 0 heteroatoms. The Labute approximate surface area is 38.9 Å². The molecule has 0 saturated carbocycles. The predicted octanol–water partition coefficient (Wildman–Crippen LogP) is 1.44. The van der Waals surface area contributed by atoms with Crippen molar-refractivity contribution in [3.8, 4) is 12.3 Å². The Balaban J connectivity index is 3.30. The Hall–Kier alpha value is -0.700. The number of hydrogen-bond donors (Lipinski definition) is 0. The highest BCUT2D eigenvalue weighted by atomic mass is 13.8. The second-order valence-electron chi connectivity index (χ2n) is 1.19. The van der Waals surface area contributed by atoms with Crippen molar-refractivity contribution in [2.45, 2.75) is 6.92 Å². The van der Waals surface area contributed by atoms with Crippen LogP contribution >= 0.6 is 0 Å². The molecule has 0 spiro atoms. The van der Waals surface area contributed by atoms with Crippen LogP contribution in [0.5, 0.6) is 0 Å². The first-order valence-electron chi connectivity index (χ1n) is 1.90. The van der Waals surface area contributed by atoms with E-state index in [1.807, 2.05) is 6.92 Å². The summed E-state index contributed by atoms with van der Waals surface area (Å²) in [6, 6.07) is 0. The molecule has 0 bridgehead atoms. The molecule has 1 unspecified atom stereocenters. The molecule has 0 amide bonds. The van der Waals surface area contributed by atoms with Gasteiger partial charge >= 0.3 is 0 Å². The van der Waals surface area contributed by atoms with Crippen LogP contribution in [0.2, 0.25) is 0 Å². The molecule has 0 aliphatic rings. The van der Waals surface area contributed by atoms with E-state index in [9.17, 15) is 0 Å². The fourth-order valence-electron chi connectivity index (χ4n) is 0.0680. The molecule has 0 fully saturated rings. The fraction of sp³-hybridized carbons (Fsp3) is 0.333. The summed E-state index contributed by atoms with van der Waals surface area (Å²) in [5.41, 5.74) is 0. The van der Waals surface area contributed by atoms with E-state index in [1.165, 1.54) is 0 Å². The summed E-state index contributed by atoms with van der Waals surface area (Å²) in [7, 11) is 0. The van der Waals surface area contributed by atoms with Crippen molar-refractivity contribution in [1.29, 1.82) is 0 Å². The molecular formula is C6H8. The monoisotopic (exact) mass is 80.1 g/mol. The Kier molecular flexibility index (Phi) is 2.24. The summed E-state index contributed by atoms with van der Waals surface area (Å²) in [6.45, 7) is 5.41. The third-order valence-electron chi connectivity index (χ3n) is 0.616. The van der Waals surface area contributed by atoms with Gasteiger partial charge in [0.25, 0.3) is 0 Å². The molecule has 0 radical (unpaired) electrons. The highest BCUT2D eigenvalue weighted by Gasteiger charge is 1.79. The molecule has 0 N–H and O–H groups in total. The van der Waals surface area contributed by atoms with E-state index in [0.717, 1.165) is 0 Å². The van der Waals surface area contributed by atoms with E-state index in [1.54, 1.807) is 6.08 Å². The lowest BCUT2D eigenvalue weighted by Crippen LogP contribution is -1.76. The van der Waals surface area contributed by atoms with E-state index in [4.69, 9.17) is 6.42 Å². The Bertz CT molecular complexity index is 74.5. The van der Waals surface area contributed by atoms with Crippen LogP contribution in [0.15, 0.2) is 12.7 Å². The smallest absolute Gasteiger partial charge is 0.0349 e. The molecule has 0 aromatic rings. The molecule has 0 saturated heterocycles. The summed E-state index contributed by atoms with van der Waals surface area (Å²) in [6.07, 6.45) is 6.70. The van der Waals surface area contributed by atoms with Gasteiger partial charge in [0.1, 0.15) is 0 Å². The van der Waals surface area contributed by atoms with Gasteiger partial charge in [0.15, 0.2) is 0 Å². The average molecular weight is 80.1 g/mol. The van der Waals surface area contributed by atoms with Gasteiger partial charge in [-0.1, -0.05) is 12.0 Å². The lowest BCUT2D eigenvalue weighted by molar-refractivity contribution is 0.987. The summed E-state index contributed by atoms with van der Waals surface area (Å²) < 4.78 is 0. The zero-order valence-electron chi connectivity index (χ0n) is 3.94. The molecule has 1 atom stereocenters. The topological polar surface area (TPSA) is 0 Å². The Morgan fingerprint density at radius 2 is 2.50 bits per heavy atom. The van der Waals surface area contributed by atoms with Crippen molar-refractivity contribution in [3.63, 3.8) is 0 Å². The van der Waals surface area contributed by atoms with Crippen LogP contribution in [0.1, 0.15) is 6.92 Å². The SMILES string of the molecule is C#CC(C)C=C. The highest BCUT2D eigenvalue weighted by molar-refractivity contribution is 4.99. The molecule has 0 aliphatic heterocycles. The van der Waals surface area contributed by atoms with Crippen molar-refractivity contribution >= 4 is 0 Å². The maximum absolute atomic E-state index is 4.96. The second kappa shape index (κ2) is 2.53. The third-order valence-corrected chi connectivity index (χ3v) is 0.616. The number of allylic oxidation sites excluding steroid dienone is 1. The minimum absolute atomic E-state index is 0.227. The Morgan fingerprint density at radius 1 is 2.00 bits per heavy atom. The first-order valence-corrected chi connectivity index (χ1v) is 1.90. The van der Waals surface area contributed by atoms with Crippen molar-refractivity contribution < 1.29 is 0 Å². The van der Waals surface area contributed by atoms with E-state index in [0.29, 0.717) is 0 Å². The van der Waals surface area contributed by atoms with Gasteiger partial charge in [0.05, 0.1) is 0 Å². The molecule has 0 aromatic heterocycles. The second-order valence-corrected chi connectivity index (χ2v) is 1.19. The van der Waals surface area contributed by atoms with E-state index in [-0.39, 0.29) is 5.92 Å². The summed E-state index contributed by atoms with van der Waals surface area (Å²) in [5.74, 6) is 2.72. The van der Waals surface area contributed by atoms with Gasteiger partial charge < -0.3 is 0 Å². The highest BCUT2D eigenvalue weighted by Crippen LogP contribution is 1.87. The van der Waals surface area contributed by atoms with E-state index < -0.39 is 0 Å². The van der Waals surface area contributed by atoms with Gasteiger partial charge in [0, 0.05) is 5.92 Å². The maximum atomic E-state index is 4.96. The van der Waals surface area contributed by atoms with Crippen molar-refractivity contribution in [1.82, 2.24) is 0 Å². The van der Waals surface area contributed by atoms with Crippen molar-refractivity contribution in [2.24, 2.45) is 5.92 Å². The zero-order valence-corrected chi connectivity index (χ0v) is 3.94. The van der Waals surface area contributed by atoms with Gasteiger partial charge in [-0.15, -0.1) is 13.0 Å². The molecular weight excluding hydrogens is 72.1 g/mol. The molecule has 0 heterocycles. The van der Waals surface area contributed by atoms with Crippen LogP contribution in [0.25, 0.3) is 0 Å². The van der Waals surface area contributed by atoms with Crippen LogP contribution in [0.3, 0.4) is 0 Å². The van der Waals surface area contributed by atoms with Gasteiger partial charge in [-0.2, -0.15) is 0 Å². The normalized spacial score (nSPS) is 12.0. The Morgan fingerprint density at radius 3 is 2.50 bits per heavy atom. The quantitative estimate of drug-likeness (QED) is 0.330. The summed E-state index contributed by atoms with van der Waals surface area (Å²) in [5, 5.41) is 0. The van der Waals surface area contributed by atoms with Crippen LogP contribution < -0.4 is 0 Å². The standard InChI is InChI=1S/C6H8/c1-4-6(3)5-2/h1,5-6H,2H2,3H3. The van der Waals surface area contributed by atoms with E-state index in [2.05, 4.69) is 12.5 Å². The van der Waals surface area contributed by atoms with Gasteiger partial charge in [-0.25, -0.2) is 0 Å². The molecule has 0 aromatic carbocycles. The maximum Gasteiger partial charge on any atom is 0.0349 e. The van der Waals surface area contributed by atoms with Gasteiger partial charge in [-0.3, -0.25) is 0 Å². The van der Waals surface area contributed by atoms with Crippen LogP contribution in [0.4, 0.5) is 0 Å². The summed E-state index contributed by atoms with van der Waals surface area (Å²) >= 11 is 0. The number of hydrogen-bond acceptors (Lipinski definition) is 0. The summed E-state index contributed by atoms with van der Waals surface area (Å²) in [4.78, 5) is 0. The minimum Gasteiger partial charge on any atom is -0.119 e. The molecule has 0 rings (SSSR count). The van der Waals surface area contributed by atoms with Gasteiger partial charge in [0.2, 0.25) is 0 Å². The fourth-order valence-corrected chi connectivity index (χ4v) is 0.0680. The molecule has 0 nitrogen and oxygen atoms in total. The largest absolute Gasteiger partial charge is 0.119 e. The lowest BCUT2D eigenvalue weighted by Gasteiger charge is -1.84. The van der Waals surface area contributed by atoms with Crippen molar-refractivity contribution in [3.05, 3.63) is 12.7 Å². The minimum atomic E-state index is 0.227. The average Bonchev–Trinajstić information content (AvgIpc) is 1.65. The third kappa shape index (κ3) is 1.60. The molecule has 6 heavy (non-hydrogen) atoms. The van der Waals surface area contributed by atoms with Crippen LogP contribution in [0, 0.1) is 18.3 Å². The molecule has 0 aliphatic carbocycles. The van der Waals surface area contributed by atoms with Gasteiger partial charge in [-0.05, 0) is 6.92 Å². The van der Waals surface area contributed by atoms with Crippen molar-refractivity contribution in [2.75, 3.05) is 0 Å². The lowest BCUT2D eigenvalue weighted by atomic mass is 10.2. The number of rotatable bonds is 1. The van der Waals surface area contributed by atoms with Crippen LogP contribution in [-0.2, 0) is 0 Å². The zero-order chi connectivity index (χ0) is 4.99. The first-order chi connectivity index (χ1) is 2.81. The van der Waals surface area contributed by atoms with Crippen LogP contribution in [-0.4, -0.2) is 0 Å². The molecule has 32 valence electrons. The van der Waals surface area contributed by atoms with E-state index >= 15 is 0 Å². The predicted molar refractivity (Wildman–Crippen MR) is 28.2 cm³/mol. The number of terminal acetylenes is 1. The first kappa shape index (κ1) is 5.30.